The number of likely N-dealkylation sites (tertiary alicyclic amines) is 1. The maximum absolute atomic E-state index is 15.1. The molecular formula is C17H19F2N3O. The van der Waals surface area contributed by atoms with Gasteiger partial charge in [0.1, 0.15) is 5.82 Å². The summed E-state index contributed by atoms with van der Waals surface area (Å²) in [6.07, 6.45) is 0.296. The lowest BCUT2D eigenvalue weighted by molar-refractivity contribution is -0.130. The van der Waals surface area contributed by atoms with Crippen molar-refractivity contribution < 1.29 is 13.6 Å². The average molecular weight is 319 g/mol. The van der Waals surface area contributed by atoms with Crippen LogP contribution >= 0.6 is 0 Å². The summed E-state index contributed by atoms with van der Waals surface area (Å²) in [6, 6.07) is 5.85. The third-order valence-corrected chi connectivity index (χ3v) is 4.54. The number of aromatic nitrogens is 2. The molecule has 0 aliphatic carbocycles. The first-order valence-corrected chi connectivity index (χ1v) is 7.63. The Kier molecular flexibility index (Phi) is 3.92. The second-order valence-corrected chi connectivity index (χ2v) is 6.10. The number of carbonyl (C=O) groups excluding carboxylic acids is 1. The van der Waals surface area contributed by atoms with Gasteiger partial charge in [-0.1, -0.05) is 18.2 Å². The van der Waals surface area contributed by atoms with Gasteiger partial charge < -0.3 is 4.90 Å². The van der Waals surface area contributed by atoms with E-state index in [1.807, 2.05) is 13.8 Å². The van der Waals surface area contributed by atoms with Crippen LogP contribution in [0, 0.1) is 19.7 Å². The largest absolute Gasteiger partial charge is 0.339 e. The molecule has 23 heavy (non-hydrogen) atoms. The van der Waals surface area contributed by atoms with Gasteiger partial charge in [0.2, 0.25) is 5.91 Å². The number of carbonyl (C=O) groups is 1. The van der Waals surface area contributed by atoms with Crippen molar-refractivity contribution in [3.05, 3.63) is 52.6 Å². The molecule has 122 valence electrons. The molecule has 1 aliphatic rings. The fourth-order valence-corrected chi connectivity index (χ4v) is 3.13. The van der Waals surface area contributed by atoms with Gasteiger partial charge in [-0.25, -0.2) is 8.78 Å². The highest BCUT2D eigenvalue weighted by molar-refractivity contribution is 5.79. The van der Waals surface area contributed by atoms with Crippen LogP contribution in [0.1, 0.15) is 28.9 Å². The molecule has 0 spiro atoms. The first-order valence-electron chi connectivity index (χ1n) is 7.63. The van der Waals surface area contributed by atoms with Crippen molar-refractivity contribution in [2.75, 3.05) is 13.1 Å². The number of H-pyrrole nitrogens is 1. The van der Waals surface area contributed by atoms with E-state index in [1.54, 1.807) is 6.07 Å². The van der Waals surface area contributed by atoms with E-state index in [0.29, 0.717) is 6.54 Å². The number of benzene rings is 1. The maximum Gasteiger partial charge on any atom is 0.227 e. The summed E-state index contributed by atoms with van der Waals surface area (Å²) >= 11 is 0. The Morgan fingerprint density at radius 3 is 2.78 bits per heavy atom. The van der Waals surface area contributed by atoms with Crippen LogP contribution in [0.4, 0.5) is 8.78 Å². The van der Waals surface area contributed by atoms with Crippen molar-refractivity contribution in [1.29, 1.82) is 0 Å². The van der Waals surface area contributed by atoms with Gasteiger partial charge in [-0.2, -0.15) is 5.10 Å². The number of hydrogen-bond donors (Lipinski definition) is 1. The zero-order valence-electron chi connectivity index (χ0n) is 13.2. The summed E-state index contributed by atoms with van der Waals surface area (Å²) in [6.45, 7) is 3.86. The SMILES string of the molecule is Cc1n[nH]c(C)c1CC(=O)N1CCC(F)(c2ccccc2F)C1. The fraction of sp³-hybridized carbons (Fsp3) is 0.412. The van der Waals surface area contributed by atoms with Gasteiger partial charge in [0.05, 0.1) is 18.7 Å². The normalized spacial score (nSPS) is 21.0. The lowest BCUT2D eigenvalue weighted by atomic mass is 9.94. The van der Waals surface area contributed by atoms with Gasteiger partial charge in [0, 0.05) is 29.8 Å². The third kappa shape index (κ3) is 2.85. The topological polar surface area (TPSA) is 49.0 Å². The Bertz CT molecular complexity index is 724. The maximum atomic E-state index is 15.1. The Morgan fingerprint density at radius 1 is 1.39 bits per heavy atom. The van der Waals surface area contributed by atoms with Crippen molar-refractivity contribution in [2.24, 2.45) is 0 Å². The van der Waals surface area contributed by atoms with E-state index >= 15 is 4.39 Å². The van der Waals surface area contributed by atoms with Crippen molar-refractivity contribution in [3.63, 3.8) is 0 Å². The van der Waals surface area contributed by atoms with Crippen molar-refractivity contribution in [2.45, 2.75) is 32.4 Å². The molecule has 1 fully saturated rings. The molecule has 1 aliphatic heterocycles. The smallest absolute Gasteiger partial charge is 0.227 e. The molecule has 0 bridgehead atoms. The molecule has 6 heteroatoms. The Morgan fingerprint density at radius 2 is 2.13 bits per heavy atom. The van der Waals surface area contributed by atoms with Gasteiger partial charge in [0.25, 0.3) is 0 Å². The molecule has 1 saturated heterocycles. The van der Waals surface area contributed by atoms with E-state index in [2.05, 4.69) is 10.2 Å². The Balaban J connectivity index is 1.75. The van der Waals surface area contributed by atoms with Crippen LogP contribution in [-0.2, 0) is 16.9 Å². The lowest BCUT2D eigenvalue weighted by Crippen LogP contribution is -2.33. The minimum absolute atomic E-state index is 0.0333. The van der Waals surface area contributed by atoms with Crippen molar-refractivity contribution in [3.8, 4) is 0 Å². The van der Waals surface area contributed by atoms with Gasteiger partial charge in [-0.05, 0) is 19.9 Å². The number of alkyl halides is 1. The van der Waals surface area contributed by atoms with Crippen LogP contribution in [0.25, 0.3) is 0 Å². The van der Waals surface area contributed by atoms with Crippen molar-refractivity contribution >= 4 is 5.91 Å². The van der Waals surface area contributed by atoms with Crippen LogP contribution in [0.2, 0.25) is 0 Å². The van der Waals surface area contributed by atoms with E-state index in [4.69, 9.17) is 0 Å². The van der Waals surface area contributed by atoms with Gasteiger partial charge in [0.15, 0.2) is 5.67 Å². The first-order chi connectivity index (χ1) is 10.9. The molecule has 1 aromatic carbocycles. The van der Waals surface area contributed by atoms with E-state index in [1.165, 1.54) is 23.1 Å². The number of aryl methyl sites for hydroxylation is 2. The molecule has 1 atom stereocenters. The fourth-order valence-electron chi connectivity index (χ4n) is 3.13. The summed E-state index contributed by atoms with van der Waals surface area (Å²) in [5.41, 5.74) is 0.677. The van der Waals surface area contributed by atoms with Crippen LogP contribution in [-0.4, -0.2) is 34.1 Å². The quantitative estimate of drug-likeness (QED) is 0.946. The summed E-state index contributed by atoms with van der Waals surface area (Å²) in [7, 11) is 0. The van der Waals surface area contributed by atoms with Crippen LogP contribution in [0.15, 0.2) is 24.3 Å². The minimum atomic E-state index is -1.82. The Hall–Kier alpha value is -2.24. The number of hydrogen-bond acceptors (Lipinski definition) is 2. The molecule has 1 aromatic heterocycles. The van der Waals surface area contributed by atoms with Crippen molar-refractivity contribution in [1.82, 2.24) is 15.1 Å². The minimum Gasteiger partial charge on any atom is -0.339 e. The number of aromatic amines is 1. The molecule has 2 heterocycles. The molecule has 0 saturated carbocycles. The number of nitrogens with zero attached hydrogens (tertiary/aromatic N) is 2. The number of nitrogens with one attached hydrogen (secondary N) is 1. The zero-order valence-corrected chi connectivity index (χ0v) is 13.2. The van der Waals surface area contributed by atoms with E-state index < -0.39 is 11.5 Å². The van der Waals surface area contributed by atoms with Crippen LogP contribution in [0.3, 0.4) is 0 Å². The lowest BCUT2D eigenvalue weighted by Gasteiger charge is -2.22. The molecule has 1 unspecified atom stereocenters. The predicted octanol–water partition coefficient (Wildman–Crippen LogP) is 2.81. The van der Waals surface area contributed by atoms with E-state index in [-0.39, 0.29) is 30.9 Å². The summed E-state index contributed by atoms with van der Waals surface area (Å²) in [5.74, 6) is -0.723. The molecule has 1 N–H and O–H groups in total. The molecule has 0 radical (unpaired) electrons. The first kappa shape index (κ1) is 15.6. The average Bonchev–Trinajstić information content (AvgIpc) is 3.06. The number of rotatable bonds is 3. The zero-order chi connectivity index (χ0) is 16.6. The van der Waals surface area contributed by atoms with Gasteiger partial charge in [-0.15, -0.1) is 0 Å². The summed E-state index contributed by atoms with van der Waals surface area (Å²) in [4.78, 5) is 13.9. The number of amides is 1. The van der Waals surface area contributed by atoms with Gasteiger partial charge >= 0.3 is 0 Å². The second-order valence-electron chi connectivity index (χ2n) is 6.10. The Labute approximate surface area is 133 Å². The van der Waals surface area contributed by atoms with Crippen LogP contribution < -0.4 is 0 Å². The summed E-state index contributed by atoms with van der Waals surface area (Å²) < 4.78 is 29.0. The highest BCUT2D eigenvalue weighted by Gasteiger charge is 2.43. The molecule has 3 rings (SSSR count). The molecule has 2 aromatic rings. The second kappa shape index (κ2) is 5.76. The predicted molar refractivity (Wildman–Crippen MR) is 82.1 cm³/mol. The van der Waals surface area contributed by atoms with E-state index in [0.717, 1.165) is 17.0 Å². The highest BCUT2D eigenvalue weighted by Crippen LogP contribution is 2.37. The highest BCUT2D eigenvalue weighted by atomic mass is 19.1. The summed E-state index contributed by atoms with van der Waals surface area (Å²) in [5, 5.41) is 6.90. The molecule has 4 nitrogen and oxygen atoms in total. The van der Waals surface area contributed by atoms with E-state index in [9.17, 15) is 9.18 Å². The monoisotopic (exact) mass is 319 g/mol. The standard InChI is InChI=1S/C17H19F2N3O/c1-11-13(12(2)21-20-11)9-16(23)22-8-7-17(19,10-22)14-5-3-4-6-15(14)18/h3-6H,7-10H2,1-2H3,(H,20,21). The molecular weight excluding hydrogens is 300 g/mol. The van der Waals surface area contributed by atoms with Gasteiger partial charge in [-0.3, -0.25) is 9.89 Å². The third-order valence-electron chi connectivity index (χ3n) is 4.54. The number of halogens is 2. The van der Waals surface area contributed by atoms with Crippen LogP contribution in [0.5, 0.6) is 0 Å². The molecule has 1 amide bonds.